The summed E-state index contributed by atoms with van der Waals surface area (Å²) in [6.07, 6.45) is 5.22. The van der Waals surface area contributed by atoms with E-state index in [1.165, 1.54) is 12.0 Å². The predicted molar refractivity (Wildman–Crippen MR) is 163 cm³/mol. The van der Waals surface area contributed by atoms with Crippen molar-refractivity contribution in [3.63, 3.8) is 0 Å². The Morgan fingerprint density at radius 2 is 1.52 bits per heavy atom. The minimum atomic E-state index is -3.85. The highest BCUT2D eigenvalue weighted by atomic mass is 32.2. The number of methoxy groups -OCH3 is 2. The van der Waals surface area contributed by atoms with Crippen LogP contribution in [0.1, 0.15) is 36.8 Å². The second-order valence-corrected chi connectivity index (χ2v) is 12.4. The van der Waals surface area contributed by atoms with Crippen molar-refractivity contribution in [2.45, 2.75) is 50.7 Å². The summed E-state index contributed by atoms with van der Waals surface area (Å²) in [6.45, 7) is -0.386. The molecule has 4 rings (SSSR count). The SMILES string of the molecule is COc1ccc(N(CC(=O)N(Cc2cccc(OC)c2)[C@@H](Cc2ccccc2)C(=O)NC2CCCC2)S(C)(=O)=O)cc1. The molecule has 9 nitrogen and oxygen atoms in total. The average molecular weight is 594 g/mol. The Labute approximate surface area is 248 Å². The fraction of sp³-hybridized carbons (Fsp3) is 0.375. The van der Waals surface area contributed by atoms with Gasteiger partial charge in [-0.2, -0.15) is 0 Å². The van der Waals surface area contributed by atoms with Gasteiger partial charge in [0.25, 0.3) is 0 Å². The van der Waals surface area contributed by atoms with E-state index in [4.69, 9.17) is 9.47 Å². The lowest BCUT2D eigenvalue weighted by Gasteiger charge is -2.34. The lowest BCUT2D eigenvalue weighted by molar-refractivity contribution is -0.140. The number of nitrogens with one attached hydrogen (secondary N) is 1. The van der Waals surface area contributed by atoms with Gasteiger partial charge in [0.2, 0.25) is 21.8 Å². The van der Waals surface area contributed by atoms with Crippen LogP contribution in [0.2, 0.25) is 0 Å². The Balaban J connectivity index is 1.72. The lowest BCUT2D eigenvalue weighted by Crippen LogP contribution is -2.54. The molecule has 1 aliphatic carbocycles. The van der Waals surface area contributed by atoms with E-state index in [1.807, 2.05) is 48.5 Å². The average Bonchev–Trinajstić information content (AvgIpc) is 3.50. The van der Waals surface area contributed by atoms with Gasteiger partial charge in [0, 0.05) is 19.0 Å². The number of hydrogen-bond donors (Lipinski definition) is 1. The maximum Gasteiger partial charge on any atom is 0.244 e. The highest BCUT2D eigenvalue weighted by Gasteiger charge is 2.34. The van der Waals surface area contributed by atoms with Crippen molar-refractivity contribution in [3.8, 4) is 11.5 Å². The molecule has 1 saturated carbocycles. The zero-order valence-electron chi connectivity index (χ0n) is 24.4. The molecule has 1 N–H and O–H groups in total. The van der Waals surface area contributed by atoms with Gasteiger partial charge >= 0.3 is 0 Å². The highest BCUT2D eigenvalue weighted by molar-refractivity contribution is 7.92. The van der Waals surface area contributed by atoms with Gasteiger partial charge in [-0.3, -0.25) is 13.9 Å². The van der Waals surface area contributed by atoms with Crippen LogP contribution in [0.25, 0.3) is 0 Å². The quantitative estimate of drug-likeness (QED) is 0.319. The molecule has 0 aliphatic heterocycles. The van der Waals surface area contributed by atoms with E-state index < -0.39 is 28.5 Å². The van der Waals surface area contributed by atoms with Crippen molar-refractivity contribution in [2.24, 2.45) is 0 Å². The van der Waals surface area contributed by atoms with Crippen molar-refractivity contribution < 1.29 is 27.5 Å². The van der Waals surface area contributed by atoms with E-state index in [1.54, 1.807) is 37.4 Å². The fourth-order valence-electron chi connectivity index (χ4n) is 5.25. The van der Waals surface area contributed by atoms with Crippen LogP contribution in [0.3, 0.4) is 0 Å². The summed E-state index contributed by atoms with van der Waals surface area (Å²) in [6, 6.07) is 22.5. The largest absolute Gasteiger partial charge is 0.497 e. The van der Waals surface area contributed by atoms with Crippen LogP contribution in [0.15, 0.2) is 78.9 Å². The van der Waals surface area contributed by atoms with Gasteiger partial charge in [0.05, 0.1) is 26.2 Å². The monoisotopic (exact) mass is 593 g/mol. The van der Waals surface area contributed by atoms with E-state index in [2.05, 4.69) is 5.32 Å². The molecule has 0 aromatic heterocycles. The molecule has 224 valence electrons. The first-order chi connectivity index (χ1) is 20.2. The standard InChI is InChI=1S/C32H39N3O6S/c1-40-28-18-16-27(17-19-28)35(42(3,38)39)23-31(36)34(22-25-12-9-15-29(20-25)41-2)30(21-24-10-5-4-6-11-24)32(37)33-26-13-7-8-14-26/h4-6,9-12,15-20,26,30H,7-8,13-14,21-23H2,1-3H3,(H,33,37)/t30-/m0/s1. The zero-order valence-corrected chi connectivity index (χ0v) is 25.2. The van der Waals surface area contributed by atoms with E-state index >= 15 is 0 Å². The van der Waals surface area contributed by atoms with Crippen molar-refractivity contribution in [1.29, 1.82) is 0 Å². The van der Waals surface area contributed by atoms with Crippen LogP contribution < -0.4 is 19.1 Å². The van der Waals surface area contributed by atoms with E-state index in [-0.39, 0.29) is 24.9 Å². The van der Waals surface area contributed by atoms with Crippen molar-refractivity contribution in [1.82, 2.24) is 10.2 Å². The van der Waals surface area contributed by atoms with Gasteiger partial charge in [0.1, 0.15) is 24.1 Å². The number of carbonyl (C=O) groups excluding carboxylic acids is 2. The second-order valence-electron chi connectivity index (χ2n) is 10.5. The summed E-state index contributed by atoms with van der Waals surface area (Å²) in [5.41, 5.74) is 1.97. The van der Waals surface area contributed by atoms with Crippen LogP contribution >= 0.6 is 0 Å². The topological polar surface area (TPSA) is 105 Å². The number of sulfonamides is 1. The number of benzene rings is 3. The molecule has 0 unspecified atom stereocenters. The van der Waals surface area contributed by atoms with Crippen molar-refractivity contribution in [2.75, 3.05) is 31.3 Å². The van der Waals surface area contributed by atoms with Crippen LogP contribution in [-0.4, -0.2) is 64.2 Å². The van der Waals surface area contributed by atoms with Gasteiger partial charge in [0.15, 0.2) is 0 Å². The molecule has 1 fully saturated rings. The molecule has 3 aromatic carbocycles. The van der Waals surface area contributed by atoms with Crippen LogP contribution in [0.5, 0.6) is 11.5 Å². The molecule has 0 radical (unpaired) electrons. The molecule has 0 spiro atoms. The third kappa shape index (κ3) is 8.25. The Bertz CT molecular complexity index is 1440. The molecule has 0 bridgehead atoms. The predicted octanol–water partition coefficient (Wildman–Crippen LogP) is 4.17. The van der Waals surface area contributed by atoms with Gasteiger partial charge in [-0.1, -0.05) is 55.3 Å². The maximum absolute atomic E-state index is 14.2. The van der Waals surface area contributed by atoms with Crippen molar-refractivity contribution in [3.05, 3.63) is 90.0 Å². The minimum Gasteiger partial charge on any atom is -0.497 e. The molecule has 3 aromatic rings. The first-order valence-corrected chi connectivity index (χ1v) is 15.9. The van der Waals surface area contributed by atoms with Crippen LogP contribution in [0.4, 0.5) is 5.69 Å². The fourth-order valence-corrected chi connectivity index (χ4v) is 6.10. The second kappa shape index (κ2) is 14.2. The normalized spacial score (nSPS) is 14.2. The number of carbonyl (C=O) groups is 2. The molecule has 10 heteroatoms. The number of ether oxygens (including phenoxy) is 2. The molecule has 2 amide bonds. The molecule has 1 aliphatic rings. The Morgan fingerprint density at radius 1 is 0.881 bits per heavy atom. The van der Waals surface area contributed by atoms with E-state index in [9.17, 15) is 18.0 Å². The molecule has 0 saturated heterocycles. The molecule has 1 atom stereocenters. The van der Waals surface area contributed by atoms with E-state index in [0.29, 0.717) is 17.2 Å². The van der Waals surface area contributed by atoms with Gasteiger partial charge < -0.3 is 19.7 Å². The number of nitrogens with zero attached hydrogens (tertiary/aromatic N) is 2. The maximum atomic E-state index is 14.2. The van der Waals surface area contributed by atoms with Gasteiger partial charge in [-0.15, -0.1) is 0 Å². The smallest absolute Gasteiger partial charge is 0.244 e. The molecule has 42 heavy (non-hydrogen) atoms. The number of hydrogen-bond acceptors (Lipinski definition) is 6. The van der Waals surface area contributed by atoms with Gasteiger partial charge in [-0.05, 0) is 60.4 Å². The molecular weight excluding hydrogens is 554 g/mol. The summed E-state index contributed by atoms with van der Waals surface area (Å²) < 4.78 is 37.5. The van der Waals surface area contributed by atoms with Gasteiger partial charge in [-0.25, -0.2) is 8.42 Å². The molecular formula is C32H39N3O6S. The Kier molecular flexibility index (Phi) is 10.5. The minimum absolute atomic E-state index is 0.0522. The zero-order chi connectivity index (χ0) is 30.1. The first-order valence-electron chi connectivity index (χ1n) is 14.1. The summed E-state index contributed by atoms with van der Waals surface area (Å²) in [7, 11) is -0.764. The number of rotatable bonds is 13. The third-order valence-corrected chi connectivity index (χ3v) is 8.64. The number of amides is 2. The number of anilines is 1. The summed E-state index contributed by atoms with van der Waals surface area (Å²) in [5.74, 6) is 0.425. The first kappa shape index (κ1) is 30.9. The van der Waals surface area contributed by atoms with E-state index in [0.717, 1.165) is 47.4 Å². The molecule has 0 heterocycles. The van der Waals surface area contributed by atoms with Crippen molar-refractivity contribution >= 4 is 27.5 Å². The van der Waals surface area contributed by atoms with Crippen LogP contribution in [-0.2, 0) is 32.6 Å². The lowest BCUT2D eigenvalue weighted by atomic mass is 10.0. The summed E-state index contributed by atoms with van der Waals surface area (Å²) in [4.78, 5) is 29.6. The van der Waals surface area contributed by atoms with Crippen LogP contribution in [0, 0.1) is 0 Å². The third-order valence-electron chi connectivity index (χ3n) is 7.50. The summed E-state index contributed by atoms with van der Waals surface area (Å²) in [5, 5.41) is 3.17. The Hall–Kier alpha value is -4.05. The highest BCUT2D eigenvalue weighted by Crippen LogP contribution is 2.24. The Morgan fingerprint density at radius 3 is 2.14 bits per heavy atom. The summed E-state index contributed by atoms with van der Waals surface area (Å²) >= 11 is 0.